The molecule has 2 aromatic carbocycles. The normalized spacial score (nSPS) is 14.5. The Hall–Kier alpha value is -2.96. The van der Waals surface area contributed by atoms with Gasteiger partial charge in [0.1, 0.15) is 0 Å². The lowest BCUT2D eigenvalue weighted by molar-refractivity contribution is -0.136. The fraction of sp³-hybridized carbons (Fsp3) is 0.280. The van der Waals surface area contributed by atoms with Crippen molar-refractivity contribution >= 4 is 28.8 Å². The third-order valence-corrected chi connectivity index (χ3v) is 6.59. The number of amides is 2. The average Bonchev–Trinajstić information content (AvgIpc) is 3.27. The van der Waals surface area contributed by atoms with Crippen LogP contribution in [-0.4, -0.2) is 29.8 Å². The molecule has 0 spiro atoms. The second kappa shape index (κ2) is 9.45. The highest BCUT2D eigenvalue weighted by Crippen LogP contribution is 2.30. The van der Waals surface area contributed by atoms with Crippen molar-refractivity contribution in [2.45, 2.75) is 32.9 Å². The molecule has 0 saturated carbocycles. The molecule has 0 saturated heterocycles. The number of aryl methyl sites for hydroxylation is 2. The summed E-state index contributed by atoms with van der Waals surface area (Å²) in [7, 11) is 0. The Kier molecular flexibility index (Phi) is 6.49. The van der Waals surface area contributed by atoms with E-state index in [2.05, 4.69) is 51.2 Å². The van der Waals surface area contributed by atoms with Gasteiger partial charge in [-0.25, -0.2) is 0 Å². The molecular formula is C25H27N3O2S. The Morgan fingerprint density at radius 3 is 2.45 bits per heavy atom. The SMILES string of the molecule is Cc1cc(C)cc(NC(=O)C(=O)NCC(c2cccs2)N2CCc3ccccc3C2)c1. The maximum atomic E-state index is 12.5. The molecule has 0 radical (unpaired) electrons. The molecule has 4 rings (SSSR count). The average molecular weight is 434 g/mol. The molecule has 1 aromatic heterocycles. The lowest BCUT2D eigenvalue weighted by atomic mass is 9.98. The van der Waals surface area contributed by atoms with Crippen molar-refractivity contribution < 1.29 is 9.59 Å². The maximum Gasteiger partial charge on any atom is 0.313 e. The number of hydrogen-bond donors (Lipinski definition) is 2. The van der Waals surface area contributed by atoms with Crippen molar-refractivity contribution in [2.24, 2.45) is 0 Å². The minimum Gasteiger partial charge on any atom is -0.346 e. The van der Waals surface area contributed by atoms with E-state index in [0.717, 1.165) is 30.6 Å². The summed E-state index contributed by atoms with van der Waals surface area (Å²) in [5.41, 5.74) is 5.44. The van der Waals surface area contributed by atoms with Gasteiger partial charge in [0, 0.05) is 30.2 Å². The summed E-state index contributed by atoms with van der Waals surface area (Å²) in [4.78, 5) is 28.5. The van der Waals surface area contributed by atoms with Gasteiger partial charge in [-0.3, -0.25) is 14.5 Å². The third kappa shape index (κ3) is 5.21. The van der Waals surface area contributed by atoms with E-state index in [1.54, 1.807) is 11.3 Å². The van der Waals surface area contributed by atoms with Crippen LogP contribution >= 0.6 is 11.3 Å². The second-order valence-electron chi connectivity index (χ2n) is 8.06. The Bertz CT molecular complexity index is 1060. The van der Waals surface area contributed by atoms with E-state index in [4.69, 9.17) is 0 Å². The summed E-state index contributed by atoms with van der Waals surface area (Å²) in [5.74, 6) is -1.25. The highest BCUT2D eigenvalue weighted by Gasteiger charge is 2.26. The van der Waals surface area contributed by atoms with Gasteiger partial charge < -0.3 is 10.6 Å². The molecule has 3 aromatic rings. The zero-order valence-corrected chi connectivity index (χ0v) is 18.7. The van der Waals surface area contributed by atoms with Crippen molar-refractivity contribution in [3.63, 3.8) is 0 Å². The van der Waals surface area contributed by atoms with Crippen LogP contribution in [0.25, 0.3) is 0 Å². The summed E-state index contributed by atoms with van der Waals surface area (Å²) >= 11 is 1.68. The van der Waals surface area contributed by atoms with Gasteiger partial charge in [-0.1, -0.05) is 36.4 Å². The van der Waals surface area contributed by atoms with Crippen LogP contribution < -0.4 is 10.6 Å². The van der Waals surface area contributed by atoms with Crippen LogP contribution in [0.2, 0.25) is 0 Å². The molecule has 31 heavy (non-hydrogen) atoms. The molecule has 160 valence electrons. The monoisotopic (exact) mass is 433 g/mol. The van der Waals surface area contributed by atoms with Crippen LogP contribution in [0.15, 0.2) is 60.0 Å². The van der Waals surface area contributed by atoms with Gasteiger partial charge in [-0.2, -0.15) is 0 Å². The van der Waals surface area contributed by atoms with Crippen molar-refractivity contribution in [1.82, 2.24) is 10.2 Å². The largest absolute Gasteiger partial charge is 0.346 e. The van der Waals surface area contributed by atoms with Gasteiger partial charge >= 0.3 is 11.8 Å². The summed E-state index contributed by atoms with van der Waals surface area (Å²) in [6.07, 6.45) is 0.985. The molecule has 6 heteroatoms. The van der Waals surface area contributed by atoms with E-state index < -0.39 is 11.8 Å². The number of benzene rings is 2. The molecule has 2 amide bonds. The molecule has 1 aliphatic heterocycles. The van der Waals surface area contributed by atoms with Crippen LogP contribution in [0.3, 0.4) is 0 Å². The van der Waals surface area contributed by atoms with Crippen LogP contribution in [-0.2, 0) is 22.6 Å². The van der Waals surface area contributed by atoms with Crippen molar-refractivity contribution in [2.75, 3.05) is 18.4 Å². The standard InChI is InChI=1S/C25H27N3O2S/c1-17-12-18(2)14-21(13-17)27-25(30)24(29)26-15-22(23-8-5-11-31-23)28-10-9-19-6-3-4-7-20(19)16-28/h3-8,11-14,22H,9-10,15-16H2,1-2H3,(H,26,29)(H,27,30). The van der Waals surface area contributed by atoms with Crippen LogP contribution in [0.1, 0.15) is 33.2 Å². The van der Waals surface area contributed by atoms with Crippen LogP contribution in [0.5, 0.6) is 0 Å². The Morgan fingerprint density at radius 2 is 1.74 bits per heavy atom. The lowest BCUT2D eigenvalue weighted by Crippen LogP contribution is -2.43. The van der Waals surface area contributed by atoms with Gasteiger partial charge in [0.25, 0.3) is 0 Å². The van der Waals surface area contributed by atoms with E-state index in [1.807, 2.05) is 38.1 Å². The van der Waals surface area contributed by atoms with Crippen LogP contribution in [0.4, 0.5) is 5.69 Å². The molecule has 1 atom stereocenters. The first kappa shape index (κ1) is 21.3. The van der Waals surface area contributed by atoms with Crippen molar-refractivity contribution in [1.29, 1.82) is 0 Å². The number of thiophene rings is 1. The van der Waals surface area contributed by atoms with Crippen molar-refractivity contribution in [3.8, 4) is 0 Å². The number of hydrogen-bond acceptors (Lipinski definition) is 4. The van der Waals surface area contributed by atoms with Gasteiger partial charge in [0.05, 0.1) is 6.04 Å². The molecule has 0 bridgehead atoms. The first-order valence-electron chi connectivity index (χ1n) is 10.5. The zero-order chi connectivity index (χ0) is 21.8. The van der Waals surface area contributed by atoms with E-state index in [9.17, 15) is 9.59 Å². The van der Waals surface area contributed by atoms with E-state index in [0.29, 0.717) is 12.2 Å². The number of anilines is 1. The smallest absolute Gasteiger partial charge is 0.313 e. The molecule has 0 fully saturated rings. The molecule has 0 aliphatic carbocycles. The molecule has 1 aliphatic rings. The number of rotatable bonds is 5. The highest BCUT2D eigenvalue weighted by atomic mass is 32.1. The Balaban J connectivity index is 1.42. The number of nitrogens with one attached hydrogen (secondary N) is 2. The second-order valence-corrected chi connectivity index (χ2v) is 9.04. The Labute approximate surface area is 187 Å². The quantitative estimate of drug-likeness (QED) is 0.593. The Morgan fingerprint density at radius 1 is 1.00 bits per heavy atom. The number of carbonyl (C=O) groups excluding carboxylic acids is 2. The summed E-state index contributed by atoms with van der Waals surface area (Å²) in [6.45, 7) is 6.08. The van der Waals surface area contributed by atoms with E-state index in [-0.39, 0.29) is 6.04 Å². The third-order valence-electron chi connectivity index (χ3n) is 5.61. The molecule has 2 N–H and O–H groups in total. The first-order chi connectivity index (χ1) is 15.0. The predicted molar refractivity (Wildman–Crippen MR) is 125 cm³/mol. The van der Waals surface area contributed by atoms with Gasteiger partial charge in [0.2, 0.25) is 0 Å². The lowest BCUT2D eigenvalue weighted by Gasteiger charge is -2.35. The number of carbonyl (C=O) groups is 2. The fourth-order valence-electron chi connectivity index (χ4n) is 4.18. The summed E-state index contributed by atoms with van der Waals surface area (Å²) in [6, 6.07) is 18.4. The topological polar surface area (TPSA) is 61.4 Å². The van der Waals surface area contributed by atoms with Gasteiger partial charge in [-0.15, -0.1) is 11.3 Å². The predicted octanol–water partition coefficient (Wildman–Crippen LogP) is 4.22. The summed E-state index contributed by atoms with van der Waals surface area (Å²) < 4.78 is 0. The van der Waals surface area contributed by atoms with Gasteiger partial charge in [-0.05, 0) is 66.1 Å². The maximum absolute atomic E-state index is 12.5. The molecule has 2 heterocycles. The highest BCUT2D eigenvalue weighted by molar-refractivity contribution is 7.10. The molecule has 1 unspecified atom stereocenters. The molecule has 5 nitrogen and oxygen atoms in total. The minimum absolute atomic E-state index is 0.0336. The zero-order valence-electron chi connectivity index (χ0n) is 17.9. The van der Waals surface area contributed by atoms with Crippen molar-refractivity contribution in [3.05, 3.63) is 87.1 Å². The van der Waals surface area contributed by atoms with Gasteiger partial charge in [0.15, 0.2) is 0 Å². The molecular weight excluding hydrogens is 406 g/mol. The minimum atomic E-state index is -0.640. The first-order valence-corrected chi connectivity index (χ1v) is 11.4. The number of nitrogens with zero attached hydrogens (tertiary/aromatic N) is 1. The number of fused-ring (bicyclic) bond motifs is 1. The summed E-state index contributed by atoms with van der Waals surface area (Å²) in [5, 5.41) is 7.62. The van der Waals surface area contributed by atoms with E-state index in [1.165, 1.54) is 16.0 Å². The van der Waals surface area contributed by atoms with E-state index >= 15 is 0 Å². The fourth-order valence-corrected chi connectivity index (χ4v) is 5.04. The van der Waals surface area contributed by atoms with Crippen LogP contribution in [0, 0.1) is 13.8 Å².